The predicted molar refractivity (Wildman–Crippen MR) is 79.2 cm³/mol. The first-order chi connectivity index (χ1) is 9.97. The van der Waals surface area contributed by atoms with Crippen LogP contribution in [0.1, 0.15) is 16.8 Å². The van der Waals surface area contributed by atoms with E-state index in [1.165, 1.54) is 12.1 Å². The molecule has 0 saturated carbocycles. The number of H-pyrrole nitrogens is 1. The van der Waals surface area contributed by atoms with Gasteiger partial charge in [-0.1, -0.05) is 6.07 Å². The van der Waals surface area contributed by atoms with Crippen LogP contribution >= 0.6 is 12.4 Å². The van der Waals surface area contributed by atoms with Crippen molar-refractivity contribution in [2.24, 2.45) is 0 Å². The standard InChI is InChI=1S/C14H16F3N3O.ClH/c1-10-11(9-19-20-10)8-18-5-6-21-13-4-2-3-12(7-13)14(15,16)17;/h2-4,7,9,18H,5-6,8H2,1H3,(H,19,20);1H. The van der Waals surface area contributed by atoms with Gasteiger partial charge in [0.15, 0.2) is 0 Å². The van der Waals surface area contributed by atoms with E-state index in [0.29, 0.717) is 13.1 Å². The monoisotopic (exact) mass is 335 g/mol. The molecule has 0 aliphatic rings. The average Bonchev–Trinajstić information content (AvgIpc) is 2.83. The van der Waals surface area contributed by atoms with E-state index < -0.39 is 11.7 Å². The Balaban J connectivity index is 0.00000242. The third-order valence-corrected chi connectivity index (χ3v) is 2.96. The number of nitrogens with one attached hydrogen (secondary N) is 2. The van der Waals surface area contributed by atoms with Crippen molar-refractivity contribution in [1.29, 1.82) is 0 Å². The molecule has 1 heterocycles. The Kier molecular flexibility index (Phi) is 6.70. The number of ether oxygens (including phenoxy) is 1. The normalized spacial score (nSPS) is 11.1. The summed E-state index contributed by atoms with van der Waals surface area (Å²) in [6.07, 6.45) is -2.62. The van der Waals surface area contributed by atoms with Gasteiger partial charge in [0.1, 0.15) is 12.4 Å². The summed E-state index contributed by atoms with van der Waals surface area (Å²) in [4.78, 5) is 0. The van der Waals surface area contributed by atoms with Crippen molar-refractivity contribution in [2.75, 3.05) is 13.2 Å². The van der Waals surface area contributed by atoms with Crippen molar-refractivity contribution < 1.29 is 17.9 Å². The number of aromatic amines is 1. The van der Waals surface area contributed by atoms with Crippen LogP contribution in [0.3, 0.4) is 0 Å². The van der Waals surface area contributed by atoms with Crippen LogP contribution in [0.15, 0.2) is 30.5 Å². The number of benzene rings is 1. The maximum Gasteiger partial charge on any atom is 0.416 e. The quantitative estimate of drug-likeness (QED) is 0.796. The highest BCUT2D eigenvalue weighted by atomic mass is 35.5. The Morgan fingerprint density at radius 3 is 2.73 bits per heavy atom. The van der Waals surface area contributed by atoms with Crippen LogP contribution in [-0.4, -0.2) is 23.3 Å². The van der Waals surface area contributed by atoms with Gasteiger partial charge in [-0.2, -0.15) is 18.3 Å². The summed E-state index contributed by atoms with van der Waals surface area (Å²) in [5.41, 5.74) is 1.33. The predicted octanol–water partition coefficient (Wildman–Crippen LogP) is 3.33. The average molecular weight is 336 g/mol. The van der Waals surface area contributed by atoms with E-state index in [1.54, 1.807) is 6.20 Å². The van der Waals surface area contributed by atoms with Crippen LogP contribution in [0, 0.1) is 6.92 Å². The first kappa shape index (κ1) is 18.3. The van der Waals surface area contributed by atoms with Crippen LogP contribution in [0.5, 0.6) is 5.75 Å². The topological polar surface area (TPSA) is 49.9 Å². The van der Waals surface area contributed by atoms with Crippen molar-refractivity contribution in [3.05, 3.63) is 47.3 Å². The minimum absolute atomic E-state index is 0. The Hall–Kier alpha value is -1.73. The Morgan fingerprint density at radius 2 is 2.09 bits per heavy atom. The highest BCUT2D eigenvalue weighted by molar-refractivity contribution is 5.85. The smallest absolute Gasteiger partial charge is 0.416 e. The van der Waals surface area contributed by atoms with E-state index in [2.05, 4.69) is 15.5 Å². The zero-order valence-corrected chi connectivity index (χ0v) is 12.7. The number of nitrogens with zero attached hydrogens (tertiary/aromatic N) is 1. The van der Waals surface area contributed by atoms with Crippen molar-refractivity contribution >= 4 is 12.4 Å². The molecule has 0 bridgehead atoms. The third kappa shape index (κ3) is 5.23. The van der Waals surface area contributed by atoms with Crippen LogP contribution in [0.25, 0.3) is 0 Å². The first-order valence-corrected chi connectivity index (χ1v) is 6.46. The highest BCUT2D eigenvalue weighted by Gasteiger charge is 2.30. The van der Waals surface area contributed by atoms with Crippen molar-refractivity contribution in [1.82, 2.24) is 15.5 Å². The van der Waals surface area contributed by atoms with E-state index in [4.69, 9.17) is 4.74 Å². The van der Waals surface area contributed by atoms with Crippen LogP contribution < -0.4 is 10.1 Å². The molecule has 0 amide bonds. The molecule has 0 atom stereocenters. The molecule has 1 aromatic carbocycles. The number of alkyl halides is 3. The first-order valence-electron chi connectivity index (χ1n) is 6.46. The number of hydrogen-bond acceptors (Lipinski definition) is 3. The third-order valence-electron chi connectivity index (χ3n) is 2.96. The summed E-state index contributed by atoms with van der Waals surface area (Å²) in [5, 5.41) is 9.86. The molecule has 0 aliphatic heterocycles. The second-order valence-corrected chi connectivity index (χ2v) is 4.57. The van der Waals surface area contributed by atoms with Crippen molar-refractivity contribution in [3.63, 3.8) is 0 Å². The zero-order chi connectivity index (χ0) is 15.3. The summed E-state index contributed by atoms with van der Waals surface area (Å²) in [6.45, 7) is 3.37. The van der Waals surface area contributed by atoms with Gasteiger partial charge in [0.2, 0.25) is 0 Å². The fraction of sp³-hybridized carbons (Fsp3) is 0.357. The van der Waals surface area contributed by atoms with E-state index in [1.807, 2.05) is 6.92 Å². The number of hydrogen-bond donors (Lipinski definition) is 2. The number of aryl methyl sites for hydroxylation is 1. The van der Waals surface area contributed by atoms with Gasteiger partial charge in [0.25, 0.3) is 0 Å². The molecule has 0 spiro atoms. The minimum Gasteiger partial charge on any atom is -0.492 e. The maximum atomic E-state index is 12.5. The number of aromatic nitrogens is 2. The fourth-order valence-electron chi connectivity index (χ4n) is 1.78. The van der Waals surface area contributed by atoms with Crippen molar-refractivity contribution in [3.8, 4) is 5.75 Å². The Bertz CT molecular complexity index is 587. The summed E-state index contributed by atoms with van der Waals surface area (Å²) in [6, 6.07) is 4.86. The van der Waals surface area contributed by atoms with Gasteiger partial charge < -0.3 is 10.1 Å². The van der Waals surface area contributed by atoms with Gasteiger partial charge in [-0.25, -0.2) is 0 Å². The molecule has 1 aromatic heterocycles. The van der Waals surface area contributed by atoms with Gasteiger partial charge in [-0.15, -0.1) is 12.4 Å². The molecule has 0 saturated heterocycles. The second-order valence-electron chi connectivity index (χ2n) is 4.57. The van der Waals surface area contributed by atoms with Gasteiger partial charge in [0, 0.05) is 24.3 Å². The van der Waals surface area contributed by atoms with Gasteiger partial charge >= 0.3 is 6.18 Å². The summed E-state index contributed by atoms with van der Waals surface area (Å²) < 4.78 is 42.9. The Morgan fingerprint density at radius 1 is 1.32 bits per heavy atom. The SMILES string of the molecule is Cc1[nH]ncc1CNCCOc1cccc(C(F)(F)F)c1.Cl. The summed E-state index contributed by atoms with van der Waals surface area (Å²) >= 11 is 0. The lowest BCUT2D eigenvalue weighted by Gasteiger charge is -2.10. The minimum atomic E-state index is -4.35. The van der Waals surface area contributed by atoms with Crippen LogP contribution in [-0.2, 0) is 12.7 Å². The number of halogens is 4. The fourth-order valence-corrected chi connectivity index (χ4v) is 1.78. The van der Waals surface area contributed by atoms with Gasteiger partial charge in [-0.05, 0) is 25.1 Å². The second kappa shape index (κ2) is 8.05. The molecule has 0 aliphatic carbocycles. The van der Waals surface area contributed by atoms with Crippen LogP contribution in [0.2, 0.25) is 0 Å². The largest absolute Gasteiger partial charge is 0.492 e. The summed E-state index contributed by atoms with van der Waals surface area (Å²) in [5.74, 6) is 0.214. The Labute approximate surface area is 132 Å². The summed E-state index contributed by atoms with van der Waals surface area (Å²) in [7, 11) is 0. The molecule has 22 heavy (non-hydrogen) atoms. The molecule has 122 valence electrons. The lowest BCUT2D eigenvalue weighted by atomic mass is 10.2. The molecule has 2 rings (SSSR count). The molecule has 2 aromatic rings. The highest BCUT2D eigenvalue weighted by Crippen LogP contribution is 2.31. The molecule has 0 fully saturated rings. The molecule has 4 nitrogen and oxygen atoms in total. The van der Waals surface area contributed by atoms with E-state index in [-0.39, 0.29) is 24.8 Å². The molecular weight excluding hydrogens is 319 g/mol. The number of rotatable bonds is 6. The van der Waals surface area contributed by atoms with E-state index >= 15 is 0 Å². The van der Waals surface area contributed by atoms with Gasteiger partial charge in [0.05, 0.1) is 11.8 Å². The molecule has 8 heteroatoms. The molecule has 0 radical (unpaired) electrons. The molecular formula is C14H17ClF3N3O. The lowest BCUT2D eigenvalue weighted by molar-refractivity contribution is -0.137. The van der Waals surface area contributed by atoms with Crippen molar-refractivity contribution in [2.45, 2.75) is 19.6 Å². The van der Waals surface area contributed by atoms with Crippen LogP contribution in [0.4, 0.5) is 13.2 Å². The van der Waals surface area contributed by atoms with E-state index in [9.17, 15) is 13.2 Å². The lowest BCUT2D eigenvalue weighted by Crippen LogP contribution is -2.20. The molecule has 0 unspecified atom stereocenters. The van der Waals surface area contributed by atoms with E-state index in [0.717, 1.165) is 23.4 Å². The van der Waals surface area contributed by atoms with Gasteiger partial charge in [-0.3, -0.25) is 5.10 Å². The molecule has 2 N–H and O–H groups in total. The maximum absolute atomic E-state index is 12.5. The zero-order valence-electron chi connectivity index (χ0n) is 11.9.